The third-order valence-electron chi connectivity index (χ3n) is 1.72. The summed E-state index contributed by atoms with van der Waals surface area (Å²) in [5, 5.41) is 26.7. The van der Waals surface area contributed by atoms with E-state index in [4.69, 9.17) is 0 Å². The Morgan fingerprint density at radius 3 is 2.50 bits per heavy atom. The van der Waals surface area contributed by atoms with Crippen LogP contribution in [0.25, 0.3) is 0 Å². The molecule has 0 atom stereocenters. The highest BCUT2D eigenvalue weighted by Gasteiger charge is 2.26. The lowest BCUT2D eigenvalue weighted by molar-refractivity contribution is -0.386. The fourth-order valence-electron chi connectivity index (χ4n) is 1.08. The van der Waals surface area contributed by atoms with Crippen LogP contribution in [0.2, 0.25) is 0 Å². The molecule has 1 aromatic rings. The summed E-state index contributed by atoms with van der Waals surface area (Å²) in [6.45, 7) is 3.39. The van der Waals surface area contributed by atoms with Gasteiger partial charge in [-0.15, -0.1) is 0 Å². The molecule has 0 unspecified atom stereocenters. The SMILES string of the molecule is CC(C)c1[nH]nc(C(=O)[O-])c1[N+](=O)[O-]. The number of hydrogen-bond acceptors (Lipinski definition) is 5. The van der Waals surface area contributed by atoms with Crippen LogP contribution in [0.1, 0.15) is 35.9 Å². The monoisotopic (exact) mass is 198 g/mol. The molecule has 7 heteroatoms. The molecule has 1 N–H and O–H groups in total. The maximum Gasteiger partial charge on any atom is 0.319 e. The minimum Gasteiger partial charge on any atom is -0.543 e. The smallest absolute Gasteiger partial charge is 0.319 e. The fraction of sp³-hybridized carbons (Fsp3) is 0.429. The van der Waals surface area contributed by atoms with Crippen LogP contribution in [0, 0.1) is 10.1 Å². The highest BCUT2D eigenvalue weighted by molar-refractivity contribution is 5.88. The highest BCUT2D eigenvalue weighted by Crippen LogP contribution is 2.26. The van der Waals surface area contributed by atoms with Gasteiger partial charge < -0.3 is 9.90 Å². The molecule has 0 spiro atoms. The molecule has 0 aromatic carbocycles. The van der Waals surface area contributed by atoms with Gasteiger partial charge in [0.15, 0.2) is 5.69 Å². The number of hydrogen-bond donors (Lipinski definition) is 1. The molecule has 0 aliphatic rings. The molecule has 1 rings (SSSR count). The number of rotatable bonds is 3. The lowest BCUT2D eigenvalue weighted by Gasteiger charge is -2.00. The van der Waals surface area contributed by atoms with E-state index in [0.717, 1.165) is 0 Å². The molecule has 0 aliphatic carbocycles. The first-order valence-corrected chi connectivity index (χ1v) is 3.89. The van der Waals surface area contributed by atoms with Crippen molar-refractivity contribution in [2.75, 3.05) is 0 Å². The highest BCUT2D eigenvalue weighted by atomic mass is 16.6. The van der Waals surface area contributed by atoms with Gasteiger partial charge in [-0.3, -0.25) is 15.2 Å². The van der Waals surface area contributed by atoms with Crippen molar-refractivity contribution in [1.82, 2.24) is 10.2 Å². The summed E-state index contributed by atoms with van der Waals surface area (Å²) in [5.41, 5.74) is -0.979. The van der Waals surface area contributed by atoms with E-state index in [-0.39, 0.29) is 11.6 Å². The fourth-order valence-corrected chi connectivity index (χ4v) is 1.08. The van der Waals surface area contributed by atoms with Gasteiger partial charge in [0, 0.05) is 5.92 Å². The van der Waals surface area contributed by atoms with Gasteiger partial charge in [0.25, 0.3) is 0 Å². The summed E-state index contributed by atoms with van der Waals surface area (Å²) in [4.78, 5) is 20.3. The topological polar surface area (TPSA) is 112 Å². The normalized spacial score (nSPS) is 10.5. The predicted octanol–water partition coefficient (Wildman–Crippen LogP) is -0.195. The molecule has 1 heterocycles. The van der Waals surface area contributed by atoms with E-state index in [1.807, 2.05) is 0 Å². The first-order valence-electron chi connectivity index (χ1n) is 3.89. The molecule has 0 saturated carbocycles. The van der Waals surface area contributed by atoms with E-state index in [2.05, 4.69) is 10.2 Å². The van der Waals surface area contributed by atoms with Gasteiger partial charge in [-0.2, -0.15) is 5.10 Å². The van der Waals surface area contributed by atoms with Crippen molar-refractivity contribution in [1.29, 1.82) is 0 Å². The van der Waals surface area contributed by atoms with E-state index in [9.17, 15) is 20.0 Å². The Labute approximate surface area is 78.9 Å². The Morgan fingerprint density at radius 1 is 1.57 bits per heavy atom. The number of H-pyrrole nitrogens is 1. The van der Waals surface area contributed by atoms with Crippen molar-refractivity contribution in [2.45, 2.75) is 19.8 Å². The standard InChI is InChI=1S/C7H9N3O4/c1-3(2)4-6(10(13)14)5(7(11)12)9-8-4/h3H,1-2H3,(H,8,9)(H,11,12)/p-1. The average Bonchev–Trinajstić information content (AvgIpc) is 2.46. The Balaban J connectivity index is 3.35. The van der Waals surface area contributed by atoms with Gasteiger partial charge in [0.2, 0.25) is 0 Å². The number of nitro groups is 1. The summed E-state index contributed by atoms with van der Waals surface area (Å²) < 4.78 is 0. The third-order valence-corrected chi connectivity index (χ3v) is 1.72. The van der Waals surface area contributed by atoms with Gasteiger partial charge in [-0.1, -0.05) is 13.8 Å². The van der Waals surface area contributed by atoms with Crippen molar-refractivity contribution in [3.05, 3.63) is 21.5 Å². The number of nitrogens with zero attached hydrogens (tertiary/aromatic N) is 2. The maximum atomic E-state index is 10.6. The Morgan fingerprint density at radius 2 is 2.14 bits per heavy atom. The Kier molecular flexibility index (Phi) is 2.50. The molecule has 0 saturated heterocycles. The molecule has 0 aliphatic heterocycles. The van der Waals surface area contributed by atoms with Crippen LogP contribution in [-0.4, -0.2) is 21.1 Å². The van der Waals surface area contributed by atoms with E-state index in [0.29, 0.717) is 0 Å². The molecular formula is C7H8N3O4-. The number of aromatic amines is 1. The van der Waals surface area contributed by atoms with Crippen molar-refractivity contribution in [3.8, 4) is 0 Å². The lowest BCUT2D eigenvalue weighted by Crippen LogP contribution is -2.23. The summed E-state index contributed by atoms with van der Waals surface area (Å²) in [6.07, 6.45) is 0. The van der Waals surface area contributed by atoms with E-state index in [1.165, 1.54) is 0 Å². The molecule has 1 aromatic heterocycles. The second-order valence-corrected chi connectivity index (χ2v) is 3.03. The minimum absolute atomic E-state index is 0.189. The summed E-state index contributed by atoms with van der Waals surface area (Å²) in [6, 6.07) is 0. The van der Waals surface area contributed by atoms with Gasteiger partial charge >= 0.3 is 5.69 Å². The van der Waals surface area contributed by atoms with Crippen LogP contribution in [0.4, 0.5) is 5.69 Å². The minimum atomic E-state index is -1.65. The van der Waals surface area contributed by atoms with Gasteiger partial charge in [0.05, 0.1) is 10.9 Å². The van der Waals surface area contributed by atoms with Crippen LogP contribution >= 0.6 is 0 Å². The van der Waals surface area contributed by atoms with Crippen LogP contribution in [0.3, 0.4) is 0 Å². The summed E-state index contributed by atoms with van der Waals surface area (Å²) >= 11 is 0. The zero-order valence-electron chi connectivity index (χ0n) is 7.60. The molecule has 0 fully saturated rings. The number of nitrogens with one attached hydrogen (secondary N) is 1. The molecule has 0 bridgehead atoms. The second kappa shape index (κ2) is 3.44. The number of carboxylic acids is 1. The maximum absolute atomic E-state index is 10.6. The molecule has 14 heavy (non-hydrogen) atoms. The second-order valence-electron chi connectivity index (χ2n) is 3.03. The van der Waals surface area contributed by atoms with Gasteiger partial charge in [0.1, 0.15) is 5.69 Å². The Bertz CT molecular complexity index is 382. The van der Waals surface area contributed by atoms with Crippen molar-refractivity contribution in [3.63, 3.8) is 0 Å². The van der Waals surface area contributed by atoms with E-state index in [1.54, 1.807) is 13.8 Å². The molecule has 0 radical (unpaired) electrons. The number of aromatic carboxylic acids is 1. The number of carboxylic acid groups (broad SMARTS) is 1. The quantitative estimate of drug-likeness (QED) is 0.534. The largest absolute Gasteiger partial charge is 0.543 e. The van der Waals surface area contributed by atoms with Crippen LogP contribution < -0.4 is 5.11 Å². The van der Waals surface area contributed by atoms with Crippen molar-refractivity contribution in [2.24, 2.45) is 0 Å². The Hall–Kier alpha value is -1.92. The number of carbonyl (C=O) groups excluding carboxylic acids is 1. The molecular weight excluding hydrogens is 190 g/mol. The summed E-state index contributed by atoms with van der Waals surface area (Å²) in [7, 11) is 0. The van der Waals surface area contributed by atoms with Crippen molar-refractivity contribution >= 4 is 11.7 Å². The average molecular weight is 198 g/mol. The van der Waals surface area contributed by atoms with Gasteiger partial charge in [-0.05, 0) is 0 Å². The zero-order valence-corrected chi connectivity index (χ0v) is 7.60. The van der Waals surface area contributed by atoms with E-state index >= 15 is 0 Å². The first kappa shape index (κ1) is 10.2. The van der Waals surface area contributed by atoms with Crippen LogP contribution in [0.15, 0.2) is 0 Å². The zero-order chi connectivity index (χ0) is 10.9. The lowest BCUT2D eigenvalue weighted by atomic mass is 10.1. The van der Waals surface area contributed by atoms with Crippen LogP contribution in [0.5, 0.6) is 0 Å². The van der Waals surface area contributed by atoms with Gasteiger partial charge in [-0.25, -0.2) is 0 Å². The molecule has 0 amide bonds. The summed E-state index contributed by atoms with van der Waals surface area (Å²) in [5.74, 6) is -1.85. The predicted molar refractivity (Wildman–Crippen MR) is 43.7 cm³/mol. The van der Waals surface area contributed by atoms with E-state index < -0.39 is 22.3 Å². The molecule has 7 nitrogen and oxygen atoms in total. The number of aromatic nitrogens is 2. The molecule has 76 valence electrons. The van der Waals surface area contributed by atoms with Crippen LogP contribution in [-0.2, 0) is 0 Å². The third kappa shape index (κ3) is 1.56. The first-order chi connectivity index (χ1) is 6.45. The number of carbonyl (C=O) groups is 1. The van der Waals surface area contributed by atoms with Crippen molar-refractivity contribution < 1.29 is 14.8 Å².